The van der Waals surface area contributed by atoms with Crippen LogP contribution in [0.25, 0.3) is 0 Å². The Bertz CT molecular complexity index is 1430. The molecule has 2 N–H and O–H groups in total. The summed E-state index contributed by atoms with van der Waals surface area (Å²) in [7, 11) is 1.22. The van der Waals surface area contributed by atoms with Crippen LogP contribution in [0.4, 0.5) is 0 Å². The summed E-state index contributed by atoms with van der Waals surface area (Å²) in [5, 5.41) is 13.9. The fraction of sp³-hybridized carbons (Fsp3) is 0.800. The molecular weight excluding hydrogens is 936 g/mol. The average molecular weight is 1060 g/mol. The summed E-state index contributed by atoms with van der Waals surface area (Å²) in [5.41, 5.74) is 0. The highest BCUT2D eigenvalue weighted by Gasteiger charge is 2.23. The zero-order valence-electron chi connectivity index (χ0n) is 49.3. The van der Waals surface area contributed by atoms with E-state index in [9.17, 15) is 19.4 Å². The van der Waals surface area contributed by atoms with Crippen molar-refractivity contribution in [2.24, 2.45) is 0 Å². The molecule has 0 fully saturated rings. The summed E-state index contributed by atoms with van der Waals surface area (Å²) in [4.78, 5) is 25.5. The van der Waals surface area contributed by atoms with E-state index < -0.39 is 26.6 Å². The molecule has 0 aliphatic heterocycles. The van der Waals surface area contributed by atoms with Crippen LogP contribution in [0.5, 0.6) is 0 Å². The van der Waals surface area contributed by atoms with Crippen molar-refractivity contribution in [2.75, 3.05) is 40.9 Å². The number of phosphoric acid groups is 1. The summed E-state index contributed by atoms with van der Waals surface area (Å²) in [6.45, 7) is 4.62. The third-order valence-corrected chi connectivity index (χ3v) is 14.8. The first-order valence-corrected chi connectivity index (χ1v) is 32.8. The molecule has 0 aliphatic rings. The van der Waals surface area contributed by atoms with E-state index in [1.807, 2.05) is 27.2 Å². The Balaban J connectivity index is 4.24. The van der Waals surface area contributed by atoms with E-state index in [1.54, 1.807) is 6.08 Å². The van der Waals surface area contributed by atoms with Gasteiger partial charge in [-0.2, -0.15) is 0 Å². The lowest BCUT2D eigenvalue weighted by atomic mass is 10.0. The molecule has 0 spiro atoms. The van der Waals surface area contributed by atoms with Crippen molar-refractivity contribution in [3.8, 4) is 0 Å². The van der Waals surface area contributed by atoms with Crippen LogP contribution in [-0.4, -0.2) is 68.5 Å². The van der Waals surface area contributed by atoms with Crippen molar-refractivity contribution in [3.63, 3.8) is 0 Å². The summed E-state index contributed by atoms with van der Waals surface area (Å²) < 4.78 is 23.3. The lowest BCUT2D eigenvalue weighted by molar-refractivity contribution is -0.870. The first-order valence-electron chi connectivity index (χ1n) is 31.3. The first-order chi connectivity index (χ1) is 36.0. The smallest absolute Gasteiger partial charge is 0.268 e. The van der Waals surface area contributed by atoms with Gasteiger partial charge in [-0.25, -0.2) is 0 Å². The predicted molar refractivity (Wildman–Crippen MR) is 320 cm³/mol. The highest BCUT2D eigenvalue weighted by Crippen LogP contribution is 2.38. The van der Waals surface area contributed by atoms with Gasteiger partial charge in [-0.15, -0.1) is 0 Å². The van der Waals surface area contributed by atoms with Crippen LogP contribution in [0.3, 0.4) is 0 Å². The van der Waals surface area contributed by atoms with E-state index in [0.29, 0.717) is 17.4 Å². The van der Waals surface area contributed by atoms with E-state index in [4.69, 9.17) is 9.05 Å². The number of carbonyl (C=O) groups is 1. The van der Waals surface area contributed by atoms with E-state index in [2.05, 4.69) is 79.9 Å². The Morgan fingerprint density at radius 1 is 0.473 bits per heavy atom. The summed E-state index contributed by atoms with van der Waals surface area (Å²) in [6.07, 6.45) is 77.2. The highest BCUT2D eigenvalue weighted by molar-refractivity contribution is 7.45. The maximum Gasteiger partial charge on any atom is 0.268 e. The Kier molecular flexibility index (Phi) is 54.1. The van der Waals surface area contributed by atoms with Gasteiger partial charge in [0.1, 0.15) is 13.2 Å². The number of carbonyl (C=O) groups excluding carboxylic acids is 1. The molecule has 0 bridgehead atoms. The monoisotopic (exact) mass is 1060 g/mol. The number of aliphatic hydroxyl groups is 1. The summed E-state index contributed by atoms with van der Waals surface area (Å²) in [6, 6.07) is -0.922. The molecule has 0 aliphatic carbocycles. The minimum absolute atomic E-state index is 0.0147. The molecule has 0 aromatic carbocycles. The molecule has 9 heteroatoms. The molecule has 74 heavy (non-hydrogen) atoms. The number of likely N-dealkylation sites (N-methyl/N-ethyl adjacent to an activating group) is 1. The van der Waals surface area contributed by atoms with Gasteiger partial charge in [0.2, 0.25) is 5.91 Å². The maximum atomic E-state index is 13.0. The Hall–Kier alpha value is -2.06. The van der Waals surface area contributed by atoms with Crippen LogP contribution >= 0.6 is 7.82 Å². The molecule has 8 nitrogen and oxygen atoms in total. The normalized spacial score (nSPS) is 14.3. The number of unbranched alkanes of at least 4 members (excludes halogenated alkanes) is 34. The third kappa shape index (κ3) is 57.6. The second kappa shape index (κ2) is 55.7. The van der Waals surface area contributed by atoms with Gasteiger partial charge >= 0.3 is 0 Å². The number of nitrogens with zero attached hydrogens (tertiary/aromatic N) is 1. The highest BCUT2D eigenvalue weighted by atomic mass is 31.2. The molecule has 0 aromatic rings. The first kappa shape index (κ1) is 71.9. The zero-order valence-corrected chi connectivity index (χ0v) is 50.2. The Morgan fingerprint density at radius 2 is 0.797 bits per heavy atom. The second-order valence-corrected chi connectivity index (χ2v) is 23.8. The molecule has 3 unspecified atom stereocenters. The number of hydrogen-bond donors (Lipinski definition) is 2. The number of phosphoric ester groups is 1. The largest absolute Gasteiger partial charge is 0.756 e. The van der Waals surface area contributed by atoms with Gasteiger partial charge < -0.3 is 28.8 Å². The van der Waals surface area contributed by atoms with E-state index >= 15 is 0 Å². The topological polar surface area (TPSA) is 108 Å². The molecule has 1 amide bonds. The summed E-state index contributed by atoms with van der Waals surface area (Å²) >= 11 is 0. The van der Waals surface area contributed by atoms with E-state index in [-0.39, 0.29) is 12.5 Å². The Morgan fingerprint density at radius 3 is 1.19 bits per heavy atom. The van der Waals surface area contributed by atoms with Crippen LogP contribution in [0.15, 0.2) is 72.9 Å². The zero-order chi connectivity index (χ0) is 54.2. The van der Waals surface area contributed by atoms with Gasteiger partial charge in [0.05, 0.1) is 39.9 Å². The quantitative estimate of drug-likeness (QED) is 0.0272. The maximum absolute atomic E-state index is 13.0. The third-order valence-electron chi connectivity index (χ3n) is 13.9. The Labute approximate surface area is 459 Å². The van der Waals surface area contributed by atoms with E-state index in [1.165, 1.54) is 193 Å². The van der Waals surface area contributed by atoms with Gasteiger partial charge in [0.15, 0.2) is 0 Å². The SMILES string of the molecule is CCCCCCC/C=C\C/C=C\C/C=C\CCCCCCCCC(=O)NC(COP(=O)([O-])OCC[N+](C)(C)C)C(O)/C=C/CC/C=C/CC/C=C/CCCCCCCCCCCCCCCCCCCCCCC. The van der Waals surface area contributed by atoms with Gasteiger partial charge in [-0.1, -0.05) is 267 Å². The van der Waals surface area contributed by atoms with Crippen molar-refractivity contribution in [2.45, 2.75) is 296 Å². The van der Waals surface area contributed by atoms with Crippen LogP contribution < -0.4 is 10.2 Å². The van der Waals surface area contributed by atoms with Gasteiger partial charge in [-0.3, -0.25) is 9.36 Å². The van der Waals surface area contributed by atoms with Crippen molar-refractivity contribution in [1.82, 2.24) is 5.32 Å². The van der Waals surface area contributed by atoms with Gasteiger partial charge in [0.25, 0.3) is 7.82 Å². The molecule has 0 rings (SSSR count). The number of quaternary nitrogens is 1. The van der Waals surface area contributed by atoms with Crippen molar-refractivity contribution >= 4 is 13.7 Å². The van der Waals surface area contributed by atoms with Crippen molar-refractivity contribution in [3.05, 3.63) is 72.9 Å². The van der Waals surface area contributed by atoms with E-state index in [0.717, 1.165) is 70.6 Å². The number of rotatable bonds is 57. The molecule has 3 atom stereocenters. The standard InChI is InChI=1S/C65H121N2O6P/c1-6-8-10-12-14-16-18-20-22-24-26-28-29-30-31-32-33-34-35-36-37-39-40-42-44-46-48-50-52-54-56-58-64(68)63(62-73-74(70,71)72-61-60-67(3,4)5)66-65(69)59-57-55-53-51-49-47-45-43-41-38-27-25-23-21-19-17-15-13-11-9-7-2/h19,21,25,27,40-43,48,50,56,58,63-64,68H,6-18,20,22-24,26,28-39,44-47,49,51-55,57,59-62H2,1-5H3,(H-,66,69,70,71)/b21-19-,27-25-,42-40+,43-41-,50-48+,58-56+. The van der Waals surface area contributed by atoms with Crippen LogP contribution in [0, 0.1) is 0 Å². The molecule has 432 valence electrons. The molecule has 0 heterocycles. The number of nitrogens with one attached hydrogen (secondary N) is 1. The minimum Gasteiger partial charge on any atom is -0.756 e. The van der Waals surface area contributed by atoms with Gasteiger partial charge in [-0.05, 0) is 83.5 Å². The number of hydrogen-bond acceptors (Lipinski definition) is 6. The lowest BCUT2D eigenvalue weighted by Gasteiger charge is -2.29. The fourth-order valence-corrected chi connectivity index (χ4v) is 9.68. The number of allylic oxidation sites excluding steroid dienone is 11. The molecule has 0 saturated carbocycles. The van der Waals surface area contributed by atoms with Crippen LogP contribution in [0.1, 0.15) is 284 Å². The minimum atomic E-state index is -4.62. The second-order valence-electron chi connectivity index (χ2n) is 22.4. The number of amides is 1. The molecular formula is C65H121N2O6P. The van der Waals surface area contributed by atoms with Gasteiger partial charge in [0, 0.05) is 6.42 Å². The predicted octanol–water partition coefficient (Wildman–Crippen LogP) is 18.8. The molecule has 0 saturated heterocycles. The fourth-order valence-electron chi connectivity index (χ4n) is 8.96. The lowest BCUT2D eigenvalue weighted by Crippen LogP contribution is -2.45. The van der Waals surface area contributed by atoms with Crippen LogP contribution in [-0.2, 0) is 18.4 Å². The van der Waals surface area contributed by atoms with Crippen molar-refractivity contribution in [1.29, 1.82) is 0 Å². The van der Waals surface area contributed by atoms with Crippen LogP contribution in [0.2, 0.25) is 0 Å². The average Bonchev–Trinajstić information content (AvgIpc) is 3.36. The van der Waals surface area contributed by atoms with Crippen molar-refractivity contribution < 1.29 is 32.9 Å². The summed E-state index contributed by atoms with van der Waals surface area (Å²) in [5.74, 6) is -0.223. The number of aliphatic hydroxyl groups excluding tert-OH is 1. The molecule has 0 aromatic heterocycles. The molecule has 0 radical (unpaired) electrons.